The second kappa shape index (κ2) is 3.90. The monoisotopic (exact) mass is 177 g/mol. The summed E-state index contributed by atoms with van der Waals surface area (Å²) in [5, 5.41) is 0. The third-order valence-electron chi connectivity index (χ3n) is 2.56. The van der Waals surface area contributed by atoms with Crippen LogP contribution in [0.1, 0.15) is 29.9 Å². The van der Waals surface area contributed by atoms with Gasteiger partial charge in [-0.05, 0) is 36.3 Å². The average Bonchev–Trinajstić information content (AvgIpc) is 2.98. The Labute approximate surface area is 78.7 Å². The number of nitrogens with two attached hydrogens (primary N) is 1. The fraction of sp³-hybridized carbons (Fsp3) is 0.455. The van der Waals surface area contributed by atoms with Gasteiger partial charge in [-0.15, -0.1) is 0 Å². The Morgan fingerprint density at radius 2 is 2.08 bits per heavy atom. The highest BCUT2D eigenvalue weighted by Gasteiger charge is 2.25. The summed E-state index contributed by atoms with van der Waals surface area (Å²) in [6, 6.07) is 8.59. The fourth-order valence-corrected chi connectivity index (χ4v) is 1.72. The highest BCUT2D eigenvalue weighted by atomic mass is 16.6. The van der Waals surface area contributed by atoms with E-state index in [0.717, 1.165) is 12.3 Å². The van der Waals surface area contributed by atoms with Crippen molar-refractivity contribution in [2.75, 3.05) is 6.61 Å². The summed E-state index contributed by atoms with van der Waals surface area (Å²) < 4.78 is 0. The molecule has 1 aromatic carbocycles. The van der Waals surface area contributed by atoms with E-state index >= 15 is 0 Å². The molecule has 0 aliphatic heterocycles. The summed E-state index contributed by atoms with van der Waals surface area (Å²) in [7, 11) is 0. The summed E-state index contributed by atoms with van der Waals surface area (Å²) in [6.45, 7) is 0.615. The van der Waals surface area contributed by atoms with Crippen LogP contribution in [0.5, 0.6) is 0 Å². The molecule has 0 spiro atoms. The molecule has 13 heavy (non-hydrogen) atoms. The number of benzene rings is 1. The predicted octanol–water partition coefficient (Wildman–Crippen LogP) is 2.00. The van der Waals surface area contributed by atoms with Gasteiger partial charge >= 0.3 is 0 Å². The van der Waals surface area contributed by atoms with Crippen molar-refractivity contribution in [1.29, 1.82) is 0 Å². The van der Waals surface area contributed by atoms with Gasteiger partial charge in [0.1, 0.15) is 0 Å². The van der Waals surface area contributed by atoms with Gasteiger partial charge in [-0.1, -0.05) is 24.3 Å². The first kappa shape index (κ1) is 8.73. The van der Waals surface area contributed by atoms with Gasteiger partial charge in [-0.2, -0.15) is 0 Å². The van der Waals surface area contributed by atoms with Gasteiger partial charge in [-0.3, -0.25) is 0 Å². The maximum atomic E-state index is 5.02. The molecule has 2 nitrogen and oxygen atoms in total. The quantitative estimate of drug-likeness (QED) is 0.714. The predicted molar refractivity (Wildman–Crippen MR) is 52.3 cm³/mol. The van der Waals surface area contributed by atoms with Crippen LogP contribution in [0.3, 0.4) is 0 Å². The first-order valence-corrected chi connectivity index (χ1v) is 4.81. The van der Waals surface area contributed by atoms with Gasteiger partial charge in [0.2, 0.25) is 0 Å². The van der Waals surface area contributed by atoms with Gasteiger partial charge in [0.05, 0.1) is 6.61 Å². The standard InChI is InChI=1S/C11H15NO/c12-13-8-7-9-3-1-2-4-11(9)10-5-6-10/h1-4,10H,5-8,12H2. The van der Waals surface area contributed by atoms with Crippen LogP contribution in [0.25, 0.3) is 0 Å². The van der Waals surface area contributed by atoms with Crippen molar-refractivity contribution in [2.24, 2.45) is 5.90 Å². The minimum atomic E-state index is 0.615. The molecule has 0 bridgehead atoms. The highest BCUT2D eigenvalue weighted by molar-refractivity contribution is 5.33. The Kier molecular flexibility index (Phi) is 2.62. The third-order valence-corrected chi connectivity index (χ3v) is 2.56. The summed E-state index contributed by atoms with van der Waals surface area (Å²) in [6.07, 6.45) is 3.63. The summed E-state index contributed by atoms with van der Waals surface area (Å²) >= 11 is 0. The summed E-state index contributed by atoms with van der Waals surface area (Å²) in [4.78, 5) is 4.60. The van der Waals surface area contributed by atoms with E-state index in [1.165, 1.54) is 24.0 Å². The van der Waals surface area contributed by atoms with E-state index in [0.29, 0.717) is 6.61 Å². The molecule has 2 heteroatoms. The summed E-state index contributed by atoms with van der Waals surface area (Å²) in [5.41, 5.74) is 2.90. The van der Waals surface area contributed by atoms with Gasteiger partial charge in [-0.25, -0.2) is 5.90 Å². The van der Waals surface area contributed by atoms with Crippen molar-refractivity contribution in [3.8, 4) is 0 Å². The first-order valence-electron chi connectivity index (χ1n) is 4.81. The molecule has 0 heterocycles. The molecule has 1 saturated carbocycles. The maximum Gasteiger partial charge on any atom is 0.0719 e. The smallest absolute Gasteiger partial charge is 0.0719 e. The van der Waals surface area contributed by atoms with Crippen molar-refractivity contribution >= 4 is 0 Å². The molecule has 0 amide bonds. The molecule has 1 aliphatic rings. The molecule has 0 unspecified atom stereocenters. The molecule has 70 valence electrons. The molecule has 0 saturated heterocycles. The molecule has 0 atom stereocenters. The van der Waals surface area contributed by atoms with Crippen LogP contribution in [-0.2, 0) is 11.3 Å². The van der Waals surface area contributed by atoms with Gasteiger partial charge in [0.15, 0.2) is 0 Å². The van der Waals surface area contributed by atoms with Gasteiger partial charge in [0, 0.05) is 0 Å². The topological polar surface area (TPSA) is 35.2 Å². The lowest BCUT2D eigenvalue weighted by molar-refractivity contribution is 0.141. The maximum absolute atomic E-state index is 5.02. The SMILES string of the molecule is NOCCc1ccccc1C1CC1. The van der Waals surface area contributed by atoms with E-state index in [-0.39, 0.29) is 0 Å². The zero-order chi connectivity index (χ0) is 9.10. The Morgan fingerprint density at radius 1 is 1.31 bits per heavy atom. The van der Waals surface area contributed by atoms with Crippen LogP contribution in [0.2, 0.25) is 0 Å². The first-order chi connectivity index (χ1) is 6.42. The average molecular weight is 177 g/mol. The Bertz CT molecular complexity index is 281. The lowest BCUT2D eigenvalue weighted by Gasteiger charge is -2.06. The molecule has 0 aromatic heterocycles. The lowest BCUT2D eigenvalue weighted by Crippen LogP contribution is -2.05. The molecule has 1 fully saturated rings. The van der Waals surface area contributed by atoms with Crippen LogP contribution in [0.15, 0.2) is 24.3 Å². The molecule has 0 radical (unpaired) electrons. The van der Waals surface area contributed by atoms with E-state index in [9.17, 15) is 0 Å². The fourth-order valence-electron chi connectivity index (χ4n) is 1.72. The van der Waals surface area contributed by atoms with Crippen molar-refractivity contribution in [3.05, 3.63) is 35.4 Å². The van der Waals surface area contributed by atoms with Crippen molar-refractivity contribution < 1.29 is 4.84 Å². The molecule has 1 aromatic rings. The van der Waals surface area contributed by atoms with E-state index in [4.69, 9.17) is 5.90 Å². The number of rotatable bonds is 4. The van der Waals surface area contributed by atoms with Crippen LogP contribution < -0.4 is 5.90 Å². The molecular formula is C11H15NO. The summed E-state index contributed by atoms with van der Waals surface area (Å²) in [5.74, 6) is 5.83. The molecule has 2 rings (SSSR count). The van der Waals surface area contributed by atoms with Gasteiger partial charge < -0.3 is 4.84 Å². The second-order valence-corrected chi connectivity index (χ2v) is 3.59. The van der Waals surface area contributed by atoms with Gasteiger partial charge in [0.25, 0.3) is 0 Å². The van der Waals surface area contributed by atoms with Crippen molar-refractivity contribution in [3.63, 3.8) is 0 Å². The van der Waals surface area contributed by atoms with Crippen LogP contribution >= 0.6 is 0 Å². The van der Waals surface area contributed by atoms with Crippen molar-refractivity contribution in [1.82, 2.24) is 0 Å². The minimum Gasteiger partial charge on any atom is -0.304 e. The molecule has 2 N–H and O–H groups in total. The lowest BCUT2D eigenvalue weighted by atomic mass is 10.0. The Morgan fingerprint density at radius 3 is 2.77 bits per heavy atom. The van der Waals surface area contributed by atoms with Crippen LogP contribution in [-0.4, -0.2) is 6.61 Å². The molecule has 1 aliphatic carbocycles. The van der Waals surface area contributed by atoms with Crippen LogP contribution in [0, 0.1) is 0 Å². The number of hydrogen-bond donors (Lipinski definition) is 1. The van der Waals surface area contributed by atoms with Crippen molar-refractivity contribution in [2.45, 2.75) is 25.2 Å². The van der Waals surface area contributed by atoms with E-state index in [1.807, 2.05) is 0 Å². The number of hydrogen-bond acceptors (Lipinski definition) is 2. The van der Waals surface area contributed by atoms with Crippen LogP contribution in [0.4, 0.5) is 0 Å². The zero-order valence-electron chi connectivity index (χ0n) is 7.70. The normalized spacial score (nSPS) is 16.1. The molecular weight excluding hydrogens is 162 g/mol. The Hall–Kier alpha value is -0.860. The Balaban J connectivity index is 2.12. The van der Waals surface area contributed by atoms with E-state index in [2.05, 4.69) is 29.1 Å². The van der Waals surface area contributed by atoms with E-state index in [1.54, 1.807) is 0 Å². The van der Waals surface area contributed by atoms with E-state index < -0.39 is 0 Å². The highest BCUT2D eigenvalue weighted by Crippen LogP contribution is 2.41. The largest absolute Gasteiger partial charge is 0.304 e. The zero-order valence-corrected chi connectivity index (χ0v) is 7.70. The third kappa shape index (κ3) is 2.08. The second-order valence-electron chi connectivity index (χ2n) is 3.59. The minimum absolute atomic E-state index is 0.615.